The van der Waals surface area contributed by atoms with Gasteiger partial charge in [-0.15, -0.1) is 0 Å². The monoisotopic (exact) mass is 261 g/mol. The number of esters is 1. The molecule has 1 N–H and O–H groups in total. The van der Waals surface area contributed by atoms with Crippen molar-refractivity contribution in [2.75, 3.05) is 20.2 Å². The predicted molar refractivity (Wildman–Crippen MR) is 76.3 cm³/mol. The van der Waals surface area contributed by atoms with Crippen LogP contribution in [-0.2, 0) is 14.9 Å². The van der Waals surface area contributed by atoms with Gasteiger partial charge in [0.05, 0.1) is 13.0 Å². The van der Waals surface area contributed by atoms with Gasteiger partial charge in [0.2, 0.25) is 0 Å². The third kappa shape index (κ3) is 2.52. The summed E-state index contributed by atoms with van der Waals surface area (Å²) in [6, 6.07) is 8.63. The number of rotatable bonds is 3. The number of methoxy groups -OCH3 is 1. The lowest BCUT2D eigenvalue weighted by molar-refractivity contribution is -0.146. The Kier molecular flexibility index (Phi) is 3.95. The van der Waals surface area contributed by atoms with E-state index >= 15 is 0 Å². The minimum Gasteiger partial charge on any atom is -0.469 e. The molecule has 0 aliphatic carbocycles. The summed E-state index contributed by atoms with van der Waals surface area (Å²) < 4.78 is 4.93. The zero-order valence-electron chi connectivity index (χ0n) is 12.2. The normalized spacial score (nSPS) is 26.7. The quantitative estimate of drug-likeness (QED) is 0.849. The van der Waals surface area contributed by atoms with Crippen LogP contribution in [0.2, 0.25) is 0 Å². The number of ether oxygens (including phenoxy) is 1. The third-order valence-electron chi connectivity index (χ3n) is 4.33. The molecule has 2 unspecified atom stereocenters. The maximum Gasteiger partial charge on any atom is 0.310 e. The van der Waals surface area contributed by atoms with E-state index in [1.54, 1.807) is 0 Å². The number of carbonyl (C=O) groups is 1. The molecule has 1 aliphatic heterocycles. The Hall–Kier alpha value is -1.35. The molecule has 0 saturated carbocycles. The van der Waals surface area contributed by atoms with Gasteiger partial charge in [0.15, 0.2) is 0 Å². The van der Waals surface area contributed by atoms with Crippen molar-refractivity contribution in [3.05, 3.63) is 35.4 Å². The van der Waals surface area contributed by atoms with Gasteiger partial charge >= 0.3 is 5.97 Å². The highest BCUT2D eigenvalue weighted by Gasteiger charge is 2.45. The van der Waals surface area contributed by atoms with Gasteiger partial charge in [-0.2, -0.15) is 0 Å². The minimum absolute atomic E-state index is 0.109. The number of benzene rings is 1. The molecule has 3 nitrogen and oxygen atoms in total. The van der Waals surface area contributed by atoms with Crippen molar-refractivity contribution >= 4 is 5.97 Å². The average molecular weight is 261 g/mol. The summed E-state index contributed by atoms with van der Waals surface area (Å²) in [6.07, 6.45) is 0. The van der Waals surface area contributed by atoms with E-state index in [4.69, 9.17) is 4.74 Å². The topological polar surface area (TPSA) is 38.3 Å². The second-order valence-electron chi connectivity index (χ2n) is 5.90. The molecule has 0 radical (unpaired) electrons. The van der Waals surface area contributed by atoms with Gasteiger partial charge in [0.1, 0.15) is 0 Å². The number of hydrogen-bond donors (Lipinski definition) is 1. The van der Waals surface area contributed by atoms with Crippen LogP contribution in [0.1, 0.15) is 37.8 Å². The molecule has 19 heavy (non-hydrogen) atoms. The Bertz CT molecular complexity index is 452. The smallest absolute Gasteiger partial charge is 0.310 e. The van der Waals surface area contributed by atoms with Gasteiger partial charge in [-0.25, -0.2) is 0 Å². The molecule has 0 amide bonds. The Morgan fingerprint density at radius 2 is 2.00 bits per heavy atom. The molecule has 1 aromatic carbocycles. The van der Waals surface area contributed by atoms with Crippen molar-refractivity contribution in [3.8, 4) is 0 Å². The highest BCUT2D eigenvalue weighted by Crippen LogP contribution is 2.36. The zero-order chi connectivity index (χ0) is 14.0. The van der Waals surface area contributed by atoms with Crippen LogP contribution in [0, 0.1) is 5.92 Å². The third-order valence-corrected chi connectivity index (χ3v) is 4.33. The first kappa shape index (κ1) is 14.1. The molecule has 104 valence electrons. The van der Waals surface area contributed by atoms with Crippen LogP contribution in [0.15, 0.2) is 24.3 Å². The van der Waals surface area contributed by atoms with Crippen LogP contribution < -0.4 is 5.32 Å². The van der Waals surface area contributed by atoms with Crippen molar-refractivity contribution in [1.29, 1.82) is 0 Å². The molecule has 1 heterocycles. The molecule has 1 saturated heterocycles. The lowest BCUT2D eigenvalue weighted by atomic mass is 9.74. The lowest BCUT2D eigenvalue weighted by Crippen LogP contribution is -2.37. The molecule has 0 spiro atoms. The van der Waals surface area contributed by atoms with E-state index in [9.17, 15) is 4.79 Å². The summed E-state index contributed by atoms with van der Waals surface area (Å²) in [6.45, 7) is 8.01. The van der Waals surface area contributed by atoms with Gasteiger partial charge < -0.3 is 10.1 Å². The Morgan fingerprint density at radius 3 is 2.53 bits per heavy atom. The standard InChI is InChI=1S/C16H23NO2/c1-11(2)12-5-7-13(8-6-12)16(3)10-17-9-14(16)15(18)19-4/h5-8,11,14,17H,9-10H2,1-4H3. The van der Waals surface area contributed by atoms with E-state index in [0.29, 0.717) is 12.5 Å². The lowest BCUT2D eigenvalue weighted by Gasteiger charge is -2.29. The number of hydrogen-bond acceptors (Lipinski definition) is 3. The maximum absolute atomic E-state index is 11.9. The summed E-state index contributed by atoms with van der Waals surface area (Å²) in [5.41, 5.74) is 2.35. The largest absolute Gasteiger partial charge is 0.469 e. The van der Waals surface area contributed by atoms with Gasteiger partial charge in [-0.1, -0.05) is 45.0 Å². The summed E-state index contributed by atoms with van der Waals surface area (Å²) >= 11 is 0. The van der Waals surface area contributed by atoms with Crippen molar-refractivity contribution in [2.24, 2.45) is 5.92 Å². The van der Waals surface area contributed by atoms with Crippen molar-refractivity contribution in [1.82, 2.24) is 5.32 Å². The number of carbonyl (C=O) groups excluding carboxylic acids is 1. The van der Waals surface area contributed by atoms with Gasteiger partial charge in [0.25, 0.3) is 0 Å². The fourth-order valence-electron chi connectivity index (χ4n) is 2.86. The van der Waals surface area contributed by atoms with Gasteiger partial charge in [-0.3, -0.25) is 4.79 Å². The molecule has 1 fully saturated rings. The highest BCUT2D eigenvalue weighted by molar-refractivity contribution is 5.75. The van der Waals surface area contributed by atoms with Gasteiger partial charge in [0, 0.05) is 18.5 Å². The summed E-state index contributed by atoms with van der Waals surface area (Å²) in [7, 11) is 1.46. The molecular weight excluding hydrogens is 238 g/mol. The van der Waals surface area contributed by atoms with Crippen LogP contribution in [0.25, 0.3) is 0 Å². The van der Waals surface area contributed by atoms with E-state index < -0.39 is 0 Å². The molecule has 0 bridgehead atoms. The second kappa shape index (κ2) is 5.33. The molecule has 2 rings (SSSR count). The first-order valence-corrected chi connectivity index (χ1v) is 6.88. The van der Waals surface area contributed by atoms with Crippen LogP contribution in [0.4, 0.5) is 0 Å². The highest BCUT2D eigenvalue weighted by atomic mass is 16.5. The summed E-state index contributed by atoms with van der Waals surface area (Å²) in [5.74, 6) is 0.294. The van der Waals surface area contributed by atoms with E-state index in [0.717, 1.165) is 6.54 Å². The first-order valence-electron chi connectivity index (χ1n) is 6.88. The Labute approximate surface area is 115 Å². The van der Waals surface area contributed by atoms with Crippen molar-refractivity contribution in [3.63, 3.8) is 0 Å². The van der Waals surface area contributed by atoms with E-state index in [1.807, 2.05) is 0 Å². The predicted octanol–water partition coefficient (Wildman–Crippen LogP) is 2.46. The Balaban J connectivity index is 2.30. The molecular formula is C16H23NO2. The summed E-state index contributed by atoms with van der Waals surface area (Å²) in [4.78, 5) is 11.9. The van der Waals surface area contributed by atoms with Crippen LogP contribution in [0.5, 0.6) is 0 Å². The van der Waals surface area contributed by atoms with Crippen LogP contribution in [0.3, 0.4) is 0 Å². The van der Waals surface area contributed by atoms with Crippen molar-refractivity contribution in [2.45, 2.75) is 32.1 Å². The van der Waals surface area contributed by atoms with Crippen LogP contribution in [-0.4, -0.2) is 26.2 Å². The minimum atomic E-state index is -0.178. The van der Waals surface area contributed by atoms with E-state index in [-0.39, 0.29) is 17.3 Å². The maximum atomic E-state index is 11.9. The summed E-state index contributed by atoms with van der Waals surface area (Å²) in [5, 5.41) is 3.31. The SMILES string of the molecule is COC(=O)C1CNCC1(C)c1ccc(C(C)C)cc1. The van der Waals surface area contributed by atoms with Gasteiger partial charge in [-0.05, 0) is 17.0 Å². The van der Waals surface area contributed by atoms with Crippen LogP contribution >= 0.6 is 0 Å². The fraction of sp³-hybridized carbons (Fsp3) is 0.562. The Morgan fingerprint density at radius 1 is 1.37 bits per heavy atom. The molecule has 0 aromatic heterocycles. The molecule has 2 atom stereocenters. The first-order chi connectivity index (χ1) is 8.99. The second-order valence-corrected chi connectivity index (χ2v) is 5.90. The van der Waals surface area contributed by atoms with E-state index in [2.05, 4.69) is 50.4 Å². The van der Waals surface area contributed by atoms with E-state index in [1.165, 1.54) is 18.2 Å². The zero-order valence-corrected chi connectivity index (χ0v) is 12.2. The number of nitrogens with one attached hydrogen (secondary N) is 1. The molecule has 1 aromatic rings. The van der Waals surface area contributed by atoms with Crippen molar-refractivity contribution < 1.29 is 9.53 Å². The molecule has 1 aliphatic rings. The fourth-order valence-corrected chi connectivity index (χ4v) is 2.86. The average Bonchev–Trinajstić information content (AvgIpc) is 2.81. The molecule has 3 heteroatoms.